The van der Waals surface area contributed by atoms with Gasteiger partial charge in [0.05, 0.1) is 45.0 Å². The Bertz CT molecular complexity index is 4560. The Morgan fingerprint density at radius 1 is 0.238 bits per heavy atom. The molecule has 2 aliphatic rings. The van der Waals surface area contributed by atoms with Crippen molar-refractivity contribution in [1.29, 1.82) is 0 Å². The van der Waals surface area contributed by atoms with Crippen LogP contribution in [0.4, 0.5) is 0 Å². The predicted molar refractivity (Wildman–Crippen MR) is 467 cm³/mol. The van der Waals surface area contributed by atoms with Crippen LogP contribution >= 0.6 is 0 Å². The van der Waals surface area contributed by atoms with Crippen molar-refractivity contribution in [3.8, 4) is 90.5 Å². The first-order chi connectivity index (χ1) is 47.6. The molecule has 0 fully saturated rings. The highest BCUT2D eigenvalue weighted by Crippen LogP contribution is 2.56. The molecule has 0 spiro atoms. The molecule has 4 aromatic carbocycles. The zero-order chi connectivity index (χ0) is 78.8. The predicted octanol–water partition coefficient (Wildman–Crippen LogP) is 27.7. The summed E-state index contributed by atoms with van der Waals surface area (Å²) in [5.41, 5.74) is 11.4. The van der Waals surface area contributed by atoms with Crippen LogP contribution in [0.5, 0.6) is 46.0 Å². The van der Waals surface area contributed by atoms with E-state index in [1.54, 1.807) is 6.07 Å². The summed E-state index contributed by atoms with van der Waals surface area (Å²) in [6, 6.07) is 33.2. The van der Waals surface area contributed by atoms with E-state index in [0.717, 1.165) is 49.9 Å². The molecule has 0 aliphatic carbocycles. The first kappa shape index (κ1) is 82.5. The fourth-order valence-electron chi connectivity index (χ4n) is 10.9. The Kier molecular flexibility index (Phi) is 21.8. The van der Waals surface area contributed by atoms with Crippen molar-refractivity contribution >= 4 is 105 Å². The van der Waals surface area contributed by atoms with E-state index in [1.807, 2.05) is 12.1 Å². The molecule has 5 heterocycles. The van der Waals surface area contributed by atoms with Gasteiger partial charge >= 0.3 is 0 Å². The number of phenols is 1. The number of fused-ring (bicyclic) bond motifs is 8. The van der Waals surface area contributed by atoms with E-state index in [0.29, 0.717) is 79.7 Å². The second kappa shape index (κ2) is 27.8. The molecule has 0 radical (unpaired) electrons. The summed E-state index contributed by atoms with van der Waals surface area (Å²) in [7, 11) is -18.3. The topological polar surface area (TPSA) is 142 Å². The number of phenolic OH excluding ortho intramolecular Hbond substituents is 1. The lowest BCUT2D eigenvalue weighted by atomic mass is 10.00. The summed E-state index contributed by atoms with van der Waals surface area (Å²) in [5.74, 6) is 4.86. The molecule has 105 heavy (non-hydrogen) atoms. The molecule has 12 nitrogen and oxygen atoms in total. The van der Waals surface area contributed by atoms with E-state index in [2.05, 4.69) is 350 Å². The molecular weight excluding hydrogens is 1410 g/mol. The maximum atomic E-state index is 12.9. The van der Waals surface area contributed by atoms with Gasteiger partial charge in [-0.3, -0.25) is 0 Å². The molecule has 568 valence electrons. The Hall–Kier alpha value is -6.60. The molecule has 7 aromatic rings. The number of nitrogens with one attached hydrogen (secondary N) is 2. The third-order valence-corrected chi connectivity index (χ3v) is 55.3. The minimum atomic E-state index is -2.62. The number of nitrogens with zero attached hydrogens (tertiary/aromatic N) is 2. The van der Waals surface area contributed by atoms with E-state index < -0.39 is 58.2 Å². The van der Waals surface area contributed by atoms with Gasteiger partial charge < -0.3 is 46.1 Å². The molecule has 0 unspecified atom stereocenters. The van der Waals surface area contributed by atoms with Crippen LogP contribution in [0, 0.1) is 0 Å². The summed E-state index contributed by atoms with van der Waals surface area (Å²) < 4.78 is 53.6. The number of aromatic amines is 2. The maximum Gasteiger partial charge on any atom is 0.250 e. The third kappa shape index (κ3) is 16.6. The van der Waals surface area contributed by atoms with Gasteiger partial charge in [-0.05, 0) is 224 Å². The molecule has 19 heteroatoms. The smallest absolute Gasteiger partial charge is 0.250 e. The van der Waals surface area contributed by atoms with Crippen molar-refractivity contribution < 1.29 is 36.1 Å². The fraction of sp³-hybridized carbons (Fsp3) is 0.488. The summed E-state index contributed by atoms with van der Waals surface area (Å²) in [6.45, 7) is 80.0. The molecular formula is C86H128N4O8Si7. The largest absolute Gasteiger partial charge is 0.543 e. The van der Waals surface area contributed by atoms with Crippen molar-refractivity contribution in [3.05, 3.63) is 120 Å². The van der Waals surface area contributed by atoms with Gasteiger partial charge in [0.2, 0.25) is 0 Å². The minimum Gasteiger partial charge on any atom is -0.543 e. The lowest BCUT2D eigenvalue weighted by Gasteiger charge is -2.39. The first-order valence-corrected chi connectivity index (χ1v) is 58.2. The first-order valence-electron chi connectivity index (χ1n) is 37.8. The number of benzene rings is 4. The molecule has 3 N–H and O–H groups in total. The van der Waals surface area contributed by atoms with Gasteiger partial charge in [-0.25, -0.2) is 9.97 Å². The van der Waals surface area contributed by atoms with Gasteiger partial charge in [-0.1, -0.05) is 170 Å². The van der Waals surface area contributed by atoms with Crippen LogP contribution in [-0.4, -0.2) is 83.3 Å². The van der Waals surface area contributed by atoms with E-state index in [9.17, 15) is 5.11 Å². The molecule has 0 atom stereocenters. The molecule has 2 aliphatic heterocycles. The Morgan fingerprint density at radius 2 is 0.419 bits per heavy atom. The maximum absolute atomic E-state index is 12.9. The number of hydrogen-bond acceptors (Lipinski definition) is 10. The zero-order valence-electron chi connectivity index (χ0n) is 70.7. The summed E-state index contributed by atoms with van der Waals surface area (Å²) in [6.07, 6.45) is 8.46. The lowest BCUT2D eigenvalue weighted by molar-refractivity contribution is 0.464. The molecule has 8 bridgehead atoms. The second-order valence-corrected chi connectivity index (χ2v) is 73.2. The zero-order valence-corrected chi connectivity index (χ0v) is 77.7. The summed E-state index contributed by atoms with van der Waals surface area (Å²) in [5, 5.41) is 11.7. The van der Waals surface area contributed by atoms with E-state index in [1.165, 1.54) is 0 Å². The Balaban J connectivity index is 1.65. The number of rotatable bonds is 18. The molecule has 9 rings (SSSR count). The average Bonchev–Trinajstić information content (AvgIpc) is 1.69. The van der Waals surface area contributed by atoms with Crippen LogP contribution < -0.4 is 31.0 Å². The van der Waals surface area contributed by atoms with Crippen LogP contribution in [0.25, 0.3) is 90.9 Å². The number of H-pyrrole nitrogens is 2. The minimum absolute atomic E-state index is 0.0511. The van der Waals surface area contributed by atoms with Gasteiger partial charge in [-0.2, -0.15) is 0 Å². The van der Waals surface area contributed by atoms with Gasteiger partial charge in [0, 0.05) is 44.3 Å². The highest BCUT2D eigenvalue weighted by atomic mass is 28.4. The highest BCUT2D eigenvalue weighted by molar-refractivity contribution is 6.77. The summed E-state index contributed by atoms with van der Waals surface area (Å²) >= 11 is 0. The van der Waals surface area contributed by atoms with Crippen molar-refractivity contribution in [2.45, 2.75) is 272 Å². The number of hydrogen-bond donors (Lipinski definition) is 3. The Labute approximate surface area is 638 Å². The van der Waals surface area contributed by atoms with Crippen molar-refractivity contribution in [2.24, 2.45) is 0 Å². The fourth-order valence-corrected chi connectivity index (χ4v) is 18.1. The quantitative estimate of drug-likeness (QED) is 0.0711. The van der Waals surface area contributed by atoms with Crippen molar-refractivity contribution in [3.63, 3.8) is 0 Å². The van der Waals surface area contributed by atoms with Gasteiger partial charge in [0.25, 0.3) is 58.2 Å². The van der Waals surface area contributed by atoms with Crippen LogP contribution in [-0.2, 0) is 0 Å². The van der Waals surface area contributed by atoms with E-state index >= 15 is 0 Å². The molecule has 0 amide bonds. The van der Waals surface area contributed by atoms with E-state index in [-0.39, 0.29) is 41.0 Å². The highest BCUT2D eigenvalue weighted by Gasteiger charge is 2.47. The van der Waals surface area contributed by atoms with E-state index in [4.69, 9.17) is 40.9 Å². The summed E-state index contributed by atoms with van der Waals surface area (Å²) in [4.78, 5) is 20.3. The second-order valence-electron chi connectivity index (χ2n) is 40.1. The van der Waals surface area contributed by atoms with Crippen LogP contribution in [0.15, 0.2) is 97.1 Å². The Morgan fingerprint density at radius 3 is 0.657 bits per heavy atom. The van der Waals surface area contributed by atoms with Crippen molar-refractivity contribution in [1.82, 2.24) is 19.9 Å². The van der Waals surface area contributed by atoms with Gasteiger partial charge in [-0.15, -0.1) is 0 Å². The lowest BCUT2D eigenvalue weighted by Crippen LogP contribution is -2.44. The molecule has 3 aromatic heterocycles. The van der Waals surface area contributed by atoms with Crippen molar-refractivity contribution in [2.75, 3.05) is 0 Å². The monoisotopic (exact) mass is 1540 g/mol. The standard InChI is InChI=1S/C86H128N4O8Si7/c1-80(2,3)99(22,23)92-65-41-36-40-64(91)76(65)72-56-48-50-58(87-56)73(77-66(93-100(24,25)81(4,5)6)42-37-43-67(77)94-101(26,27)82(7,8)9)60-52-54-62(89-60)75(79-70(97-104(32,33)85(16,17)18)46-39-47-71(79)98-105(34,35)86(19,20)21)63-55-53-61(90-63)74(59-51-49-57(72)88-59)78-68(95-102(28,29)83(10,11)12)44-38-45-69(78)96-103(30,31)84(13,14)15/h36-55,87,89,91H,1-35H3. The van der Waals surface area contributed by atoms with Crippen LogP contribution in [0.2, 0.25) is 127 Å². The average molecular weight is 1540 g/mol. The third-order valence-electron chi connectivity index (χ3n) is 24.9. The number of aromatic nitrogens is 4. The SMILES string of the molecule is CC(C)(C)[Si](C)(C)Oc1cccc(O)c1-c1c2nc(c(-c3c(O[Si](C)(C)C(C)(C)C)cccc3O[Si](C)(C)C(C)(C)C)c3nc(c(-c4c(O[Si](C)(C)C(C)(C)C)cccc4O[Si](C)(C)C(C)(C)C)c4ccc([nH]4)c(-c4c(O[Si](C)(C)C(C)(C)C)cccc4O[Si](C)(C)C(C)(C)C)c4ccc1[nH]4)C=C3)C=C2. The molecule has 0 saturated carbocycles. The number of aromatic hydroxyl groups is 1. The molecule has 0 saturated heterocycles. The van der Waals surface area contributed by atoms with Crippen LogP contribution in [0.1, 0.15) is 168 Å². The van der Waals surface area contributed by atoms with Crippen LogP contribution in [0.3, 0.4) is 0 Å². The van der Waals surface area contributed by atoms with Gasteiger partial charge in [0.15, 0.2) is 0 Å². The normalized spacial score (nSPS) is 14.2. The van der Waals surface area contributed by atoms with Gasteiger partial charge in [0.1, 0.15) is 46.0 Å².